The molecular formula is C17H20Cl2N2O3. The molecule has 2 aliphatic heterocycles. The van der Waals surface area contributed by atoms with Gasteiger partial charge in [0.05, 0.1) is 28.2 Å². The number of imide groups is 1. The van der Waals surface area contributed by atoms with E-state index >= 15 is 0 Å². The van der Waals surface area contributed by atoms with Crippen molar-refractivity contribution in [3.05, 3.63) is 28.2 Å². The molecule has 1 aromatic rings. The van der Waals surface area contributed by atoms with E-state index in [4.69, 9.17) is 23.2 Å². The molecule has 2 fully saturated rings. The average molecular weight is 371 g/mol. The summed E-state index contributed by atoms with van der Waals surface area (Å²) in [6.45, 7) is 0.871. The van der Waals surface area contributed by atoms with Crippen LogP contribution in [0.15, 0.2) is 18.2 Å². The highest BCUT2D eigenvalue weighted by molar-refractivity contribution is 6.42. The van der Waals surface area contributed by atoms with Crippen molar-refractivity contribution in [3.63, 3.8) is 0 Å². The normalized spacial score (nSPS) is 25.5. The molecule has 0 spiro atoms. The number of nitrogens with zero attached hydrogens (tertiary/aromatic N) is 2. The quantitative estimate of drug-likeness (QED) is 0.827. The fourth-order valence-corrected chi connectivity index (χ4v) is 3.95. The Labute approximate surface area is 151 Å². The SMILES string of the molecule is O=C1C[C@@H](N2CCCC[C@H]2CCO)C(=O)N1c1ccc(Cl)c(Cl)c1. The fourth-order valence-electron chi connectivity index (χ4n) is 3.66. The Morgan fingerprint density at radius 1 is 1.17 bits per heavy atom. The third-order valence-electron chi connectivity index (χ3n) is 4.82. The van der Waals surface area contributed by atoms with Gasteiger partial charge in [-0.25, -0.2) is 4.90 Å². The van der Waals surface area contributed by atoms with Crippen molar-refractivity contribution in [3.8, 4) is 0 Å². The zero-order valence-electron chi connectivity index (χ0n) is 13.3. The van der Waals surface area contributed by atoms with E-state index in [0.29, 0.717) is 22.2 Å². The summed E-state index contributed by atoms with van der Waals surface area (Å²) in [6, 6.07) is 4.46. The first-order valence-corrected chi connectivity index (χ1v) is 8.97. The van der Waals surface area contributed by atoms with Crippen LogP contribution in [-0.4, -0.2) is 47.1 Å². The van der Waals surface area contributed by atoms with Crippen LogP contribution in [0.2, 0.25) is 10.0 Å². The average Bonchev–Trinajstić information content (AvgIpc) is 2.86. The number of likely N-dealkylation sites (tertiary alicyclic amines) is 1. The minimum Gasteiger partial charge on any atom is -0.396 e. The molecule has 0 radical (unpaired) electrons. The molecule has 0 bridgehead atoms. The van der Waals surface area contributed by atoms with Gasteiger partial charge in [0.15, 0.2) is 0 Å². The molecule has 2 aliphatic rings. The summed E-state index contributed by atoms with van der Waals surface area (Å²) in [4.78, 5) is 28.6. The molecule has 2 saturated heterocycles. The van der Waals surface area contributed by atoms with Crippen LogP contribution in [0, 0.1) is 0 Å². The number of carbonyl (C=O) groups is 2. The molecule has 7 heteroatoms. The number of benzene rings is 1. The largest absolute Gasteiger partial charge is 0.396 e. The van der Waals surface area contributed by atoms with E-state index < -0.39 is 6.04 Å². The van der Waals surface area contributed by atoms with Crippen molar-refractivity contribution < 1.29 is 14.7 Å². The van der Waals surface area contributed by atoms with Gasteiger partial charge in [-0.15, -0.1) is 0 Å². The van der Waals surface area contributed by atoms with E-state index in [1.54, 1.807) is 18.2 Å². The number of anilines is 1. The Hall–Kier alpha value is -1.14. The highest BCUT2D eigenvalue weighted by Gasteiger charge is 2.45. The van der Waals surface area contributed by atoms with Gasteiger partial charge in [0.25, 0.3) is 5.91 Å². The van der Waals surface area contributed by atoms with E-state index in [0.717, 1.165) is 25.8 Å². The van der Waals surface area contributed by atoms with Crippen molar-refractivity contribution >= 4 is 40.7 Å². The van der Waals surface area contributed by atoms with Crippen molar-refractivity contribution in [1.82, 2.24) is 4.90 Å². The molecule has 1 aromatic carbocycles. The number of aliphatic hydroxyl groups is 1. The highest BCUT2D eigenvalue weighted by atomic mass is 35.5. The lowest BCUT2D eigenvalue weighted by Gasteiger charge is -2.38. The minimum absolute atomic E-state index is 0.0898. The predicted octanol–water partition coefficient (Wildman–Crippen LogP) is 2.86. The van der Waals surface area contributed by atoms with Gasteiger partial charge in [0.2, 0.25) is 5.91 Å². The van der Waals surface area contributed by atoms with Gasteiger partial charge in [-0.2, -0.15) is 0 Å². The zero-order valence-corrected chi connectivity index (χ0v) is 14.8. The second-order valence-electron chi connectivity index (χ2n) is 6.29. The Kier molecular flexibility index (Phi) is 5.45. The number of piperidine rings is 1. The van der Waals surface area contributed by atoms with Gasteiger partial charge in [-0.05, 0) is 44.0 Å². The molecule has 2 amide bonds. The maximum absolute atomic E-state index is 12.9. The Morgan fingerprint density at radius 2 is 1.96 bits per heavy atom. The summed E-state index contributed by atoms with van der Waals surface area (Å²) in [6.07, 6.45) is 3.84. The summed E-state index contributed by atoms with van der Waals surface area (Å²) >= 11 is 11.9. The van der Waals surface area contributed by atoms with E-state index in [-0.39, 0.29) is 30.9 Å². The topological polar surface area (TPSA) is 60.9 Å². The maximum atomic E-state index is 12.9. The van der Waals surface area contributed by atoms with Crippen LogP contribution in [-0.2, 0) is 9.59 Å². The predicted molar refractivity (Wildman–Crippen MR) is 93.4 cm³/mol. The molecule has 0 saturated carbocycles. The number of rotatable bonds is 4. The lowest BCUT2D eigenvalue weighted by atomic mass is 9.97. The number of amides is 2. The summed E-state index contributed by atoms with van der Waals surface area (Å²) in [5, 5.41) is 9.97. The van der Waals surface area contributed by atoms with E-state index in [9.17, 15) is 14.7 Å². The van der Waals surface area contributed by atoms with Crippen LogP contribution in [0.4, 0.5) is 5.69 Å². The van der Waals surface area contributed by atoms with Crippen LogP contribution in [0.25, 0.3) is 0 Å². The third kappa shape index (κ3) is 3.31. The van der Waals surface area contributed by atoms with Gasteiger partial charge in [-0.1, -0.05) is 29.6 Å². The number of hydrogen-bond donors (Lipinski definition) is 1. The van der Waals surface area contributed by atoms with Crippen LogP contribution in [0.5, 0.6) is 0 Å². The molecule has 2 heterocycles. The first kappa shape index (κ1) is 17.7. The van der Waals surface area contributed by atoms with Gasteiger partial charge in [-0.3, -0.25) is 14.5 Å². The monoisotopic (exact) mass is 370 g/mol. The number of halogens is 2. The molecule has 130 valence electrons. The first-order chi connectivity index (χ1) is 11.5. The Bertz CT molecular complexity index is 651. The zero-order chi connectivity index (χ0) is 17.3. The fraction of sp³-hybridized carbons (Fsp3) is 0.529. The summed E-state index contributed by atoms with van der Waals surface area (Å²) in [5.41, 5.74) is 0.456. The van der Waals surface area contributed by atoms with Crippen molar-refractivity contribution in [2.75, 3.05) is 18.1 Å². The summed E-state index contributed by atoms with van der Waals surface area (Å²) in [5.74, 6) is -0.445. The Morgan fingerprint density at radius 3 is 2.67 bits per heavy atom. The van der Waals surface area contributed by atoms with Crippen molar-refractivity contribution in [2.24, 2.45) is 0 Å². The van der Waals surface area contributed by atoms with Crippen LogP contribution in [0.1, 0.15) is 32.1 Å². The molecule has 3 rings (SSSR count). The van der Waals surface area contributed by atoms with Gasteiger partial charge < -0.3 is 5.11 Å². The first-order valence-electron chi connectivity index (χ1n) is 8.21. The molecule has 0 aliphatic carbocycles. The van der Waals surface area contributed by atoms with Crippen LogP contribution >= 0.6 is 23.2 Å². The van der Waals surface area contributed by atoms with E-state index in [1.807, 2.05) is 0 Å². The van der Waals surface area contributed by atoms with Gasteiger partial charge >= 0.3 is 0 Å². The molecule has 1 N–H and O–H groups in total. The van der Waals surface area contributed by atoms with Gasteiger partial charge in [0.1, 0.15) is 0 Å². The number of hydrogen-bond acceptors (Lipinski definition) is 4. The molecule has 24 heavy (non-hydrogen) atoms. The van der Waals surface area contributed by atoms with Gasteiger partial charge in [0, 0.05) is 12.6 Å². The molecule has 0 aromatic heterocycles. The molecule has 2 atom stereocenters. The standard InChI is InChI=1S/C17H20Cl2N2O3/c18-13-5-4-12(9-14(13)19)21-16(23)10-15(17(21)24)20-7-2-1-3-11(20)6-8-22/h4-5,9,11,15,22H,1-3,6-8,10H2/t11-,15+/m0/s1. The lowest BCUT2D eigenvalue weighted by molar-refractivity contribution is -0.123. The summed E-state index contributed by atoms with van der Waals surface area (Å²) in [7, 11) is 0. The molecule has 0 unspecified atom stereocenters. The third-order valence-corrected chi connectivity index (χ3v) is 5.56. The molecule has 5 nitrogen and oxygen atoms in total. The van der Waals surface area contributed by atoms with Crippen LogP contribution < -0.4 is 4.90 Å². The minimum atomic E-state index is -0.455. The van der Waals surface area contributed by atoms with Crippen LogP contribution in [0.3, 0.4) is 0 Å². The highest BCUT2D eigenvalue weighted by Crippen LogP contribution is 2.33. The Balaban J connectivity index is 1.84. The van der Waals surface area contributed by atoms with Crippen molar-refractivity contribution in [1.29, 1.82) is 0 Å². The number of aliphatic hydroxyl groups excluding tert-OH is 1. The summed E-state index contributed by atoms with van der Waals surface area (Å²) < 4.78 is 0. The second kappa shape index (κ2) is 7.40. The van der Waals surface area contributed by atoms with Crippen molar-refractivity contribution in [2.45, 2.75) is 44.2 Å². The molecular weight excluding hydrogens is 351 g/mol. The van der Waals surface area contributed by atoms with E-state index in [2.05, 4.69) is 4.90 Å². The van der Waals surface area contributed by atoms with E-state index in [1.165, 1.54) is 4.90 Å². The smallest absolute Gasteiger partial charge is 0.251 e. The lowest BCUT2D eigenvalue weighted by Crippen LogP contribution is -2.50. The number of carbonyl (C=O) groups excluding carboxylic acids is 2. The maximum Gasteiger partial charge on any atom is 0.251 e. The second-order valence-corrected chi connectivity index (χ2v) is 7.10.